The van der Waals surface area contributed by atoms with Gasteiger partial charge in [0.05, 0.1) is 0 Å². The molecule has 132 valence electrons. The molecule has 1 N–H and O–H groups in total. The lowest BCUT2D eigenvalue weighted by Gasteiger charge is -2.35. The van der Waals surface area contributed by atoms with Crippen molar-refractivity contribution < 1.29 is 14.1 Å². The fourth-order valence-electron chi connectivity index (χ4n) is 3.90. The van der Waals surface area contributed by atoms with Crippen LogP contribution < -0.4 is 5.32 Å². The summed E-state index contributed by atoms with van der Waals surface area (Å²) in [5, 5.41) is 6.60. The van der Waals surface area contributed by atoms with E-state index in [1.165, 1.54) is 6.42 Å². The van der Waals surface area contributed by atoms with Crippen molar-refractivity contribution in [3.05, 3.63) is 11.8 Å². The zero-order chi connectivity index (χ0) is 17.1. The van der Waals surface area contributed by atoms with Gasteiger partial charge in [-0.15, -0.1) is 0 Å². The van der Waals surface area contributed by atoms with E-state index in [1.807, 2.05) is 4.90 Å². The van der Waals surface area contributed by atoms with Crippen molar-refractivity contribution in [2.24, 2.45) is 17.8 Å². The molecular formula is C18H27N3O3. The molecule has 1 unspecified atom stereocenters. The van der Waals surface area contributed by atoms with Crippen molar-refractivity contribution in [1.82, 2.24) is 10.1 Å². The number of amides is 2. The fraction of sp³-hybridized carbons (Fsp3) is 0.722. The number of carbonyl (C=O) groups is 2. The van der Waals surface area contributed by atoms with Crippen LogP contribution in [0.2, 0.25) is 0 Å². The Labute approximate surface area is 142 Å². The summed E-state index contributed by atoms with van der Waals surface area (Å²) in [5.41, 5.74) is 0. The molecule has 3 rings (SSSR count). The van der Waals surface area contributed by atoms with E-state index in [-0.39, 0.29) is 17.7 Å². The van der Waals surface area contributed by atoms with Crippen LogP contribution in [0, 0.1) is 24.7 Å². The molecule has 6 nitrogen and oxygen atoms in total. The van der Waals surface area contributed by atoms with Crippen molar-refractivity contribution in [3.63, 3.8) is 0 Å². The molecule has 0 bridgehead atoms. The topological polar surface area (TPSA) is 75.4 Å². The summed E-state index contributed by atoms with van der Waals surface area (Å²) in [6.45, 7) is 5.80. The number of likely N-dealkylation sites (tertiary alicyclic amines) is 1. The summed E-state index contributed by atoms with van der Waals surface area (Å²) in [7, 11) is 0. The predicted octanol–water partition coefficient (Wildman–Crippen LogP) is 2.99. The number of anilines is 1. The van der Waals surface area contributed by atoms with Crippen LogP contribution in [0.4, 0.5) is 5.82 Å². The first kappa shape index (κ1) is 17.0. The maximum absolute atomic E-state index is 12.7. The largest absolute Gasteiger partial charge is 0.360 e. The van der Waals surface area contributed by atoms with Crippen LogP contribution in [0.25, 0.3) is 0 Å². The molecule has 0 radical (unpaired) electrons. The Hall–Kier alpha value is -1.85. The van der Waals surface area contributed by atoms with Gasteiger partial charge in [-0.2, -0.15) is 0 Å². The standard InChI is InChI=1S/C18H27N3O3/c1-12-4-3-9-21(11-12)18(23)15-7-5-14(6-8-15)17(22)19-16-10-13(2)24-20-16/h10,12,14-15H,3-9,11H2,1-2H3,(H,19,20,22). The minimum atomic E-state index is -0.0358. The van der Waals surface area contributed by atoms with E-state index in [1.54, 1.807) is 13.0 Å². The van der Waals surface area contributed by atoms with E-state index in [4.69, 9.17) is 4.52 Å². The van der Waals surface area contributed by atoms with E-state index in [9.17, 15) is 9.59 Å². The second kappa shape index (κ2) is 7.36. The van der Waals surface area contributed by atoms with Crippen molar-refractivity contribution in [3.8, 4) is 0 Å². The second-order valence-electron chi connectivity index (χ2n) is 7.39. The molecule has 2 amide bonds. The number of nitrogens with zero attached hydrogens (tertiary/aromatic N) is 2. The Morgan fingerprint density at radius 3 is 2.54 bits per heavy atom. The molecule has 0 spiro atoms. The third kappa shape index (κ3) is 3.97. The van der Waals surface area contributed by atoms with Crippen LogP contribution in [0.15, 0.2) is 10.6 Å². The molecule has 1 aromatic rings. The summed E-state index contributed by atoms with van der Waals surface area (Å²) in [4.78, 5) is 27.0. The smallest absolute Gasteiger partial charge is 0.228 e. The Bertz CT molecular complexity index is 590. The highest BCUT2D eigenvalue weighted by Gasteiger charge is 2.33. The lowest BCUT2D eigenvalue weighted by atomic mass is 9.80. The average molecular weight is 333 g/mol. The van der Waals surface area contributed by atoms with Gasteiger partial charge in [0.25, 0.3) is 0 Å². The molecule has 6 heteroatoms. The molecule has 0 aromatic carbocycles. The molecule has 2 aliphatic rings. The van der Waals surface area contributed by atoms with Crippen molar-refractivity contribution in [2.75, 3.05) is 18.4 Å². The summed E-state index contributed by atoms with van der Waals surface area (Å²) in [5.74, 6) is 2.09. The third-order valence-corrected chi connectivity index (χ3v) is 5.30. The first-order chi connectivity index (χ1) is 11.5. The minimum absolute atomic E-state index is 0.0132. The van der Waals surface area contributed by atoms with E-state index in [0.29, 0.717) is 23.4 Å². The quantitative estimate of drug-likeness (QED) is 0.922. The van der Waals surface area contributed by atoms with Crippen molar-refractivity contribution in [2.45, 2.75) is 52.4 Å². The number of rotatable bonds is 3. The highest BCUT2D eigenvalue weighted by molar-refractivity contribution is 5.91. The highest BCUT2D eigenvalue weighted by Crippen LogP contribution is 2.32. The van der Waals surface area contributed by atoms with Crippen molar-refractivity contribution >= 4 is 17.6 Å². The Kier molecular flexibility index (Phi) is 5.21. The molecule has 1 saturated heterocycles. The van der Waals surface area contributed by atoms with Gasteiger partial charge in [0.15, 0.2) is 5.82 Å². The molecule has 1 aliphatic carbocycles. The highest BCUT2D eigenvalue weighted by atomic mass is 16.5. The number of hydrogen-bond acceptors (Lipinski definition) is 4. The van der Waals surface area contributed by atoms with Gasteiger partial charge >= 0.3 is 0 Å². The maximum Gasteiger partial charge on any atom is 0.228 e. The molecular weight excluding hydrogens is 306 g/mol. The van der Waals surface area contributed by atoms with Crippen LogP contribution in [-0.2, 0) is 9.59 Å². The van der Waals surface area contributed by atoms with E-state index in [0.717, 1.165) is 45.2 Å². The second-order valence-corrected chi connectivity index (χ2v) is 7.39. The lowest BCUT2D eigenvalue weighted by molar-refractivity contribution is -0.139. The van der Waals surface area contributed by atoms with E-state index in [2.05, 4.69) is 17.4 Å². The summed E-state index contributed by atoms with van der Waals surface area (Å²) < 4.78 is 4.96. The lowest BCUT2D eigenvalue weighted by Crippen LogP contribution is -2.43. The van der Waals surface area contributed by atoms with Gasteiger partial charge in [-0.05, 0) is 51.4 Å². The SMILES string of the molecule is Cc1cc(NC(=O)C2CCC(C(=O)N3CCCC(C)C3)CC2)no1. The first-order valence-corrected chi connectivity index (χ1v) is 9.06. The molecule has 1 saturated carbocycles. The molecule has 1 atom stereocenters. The third-order valence-electron chi connectivity index (χ3n) is 5.30. The monoisotopic (exact) mass is 333 g/mol. The minimum Gasteiger partial charge on any atom is -0.360 e. The van der Waals surface area contributed by atoms with E-state index < -0.39 is 0 Å². The van der Waals surface area contributed by atoms with Gasteiger partial charge in [-0.1, -0.05) is 12.1 Å². The molecule has 1 aliphatic heterocycles. The summed E-state index contributed by atoms with van der Waals surface area (Å²) in [6, 6.07) is 1.71. The van der Waals surface area contributed by atoms with Gasteiger partial charge in [-0.25, -0.2) is 0 Å². The zero-order valence-electron chi connectivity index (χ0n) is 14.6. The normalized spacial score (nSPS) is 27.8. The van der Waals surface area contributed by atoms with Crippen LogP contribution in [-0.4, -0.2) is 35.0 Å². The molecule has 2 heterocycles. The fourth-order valence-corrected chi connectivity index (χ4v) is 3.90. The number of carbonyl (C=O) groups excluding carboxylic acids is 2. The molecule has 1 aromatic heterocycles. The number of aryl methyl sites for hydroxylation is 1. The van der Waals surface area contributed by atoms with E-state index >= 15 is 0 Å². The average Bonchev–Trinajstić information content (AvgIpc) is 2.99. The van der Waals surface area contributed by atoms with Gasteiger partial charge in [0.2, 0.25) is 11.8 Å². The number of piperidine rings is 1. The summed E-state index contributed by atoms with van der Waals surface area (Å²) >= 11 is 0. The van der Waals surface area contributed by atoms with Crippen LogP contribution in [0.3, 0.4) is 0 Å². The van der Waals surface area contributed by atoms with Gasteiger partial charge in [-0.3, -0.25) is 9.59 Å². The zero-order valence-corrected chi connectivity index (χ0v) is 14.6. The Balaban J connectivity index is 1.48. The first-order valence-electron chi connectivity index (χ1n) is 9.06. The van der Waals surface area contributed by atoms with Crippen LogP contribution in [0.5, 0.6) is 0 Å². The Morgan fingerprint density at radius 1 is 1.21 bits per heavy atom. The summed E-state index contributed by atoms with van der Waals surface area (Å²) in [6.07, 6.45) is 5.48. The van der Waals surface area contributed by atoms with Gasteiger partial charge in [0.1, 0.15) is 5.76 Å². The van der Waals surface area contributed by atoms with Gasteiger partial charge < -0.3 is 14.7 Å². The van der Waals surface area contributed by atoms with Crippen molar-refractivity contribution in [1.29, 1.82) is 0 Å². The maximum atomic E-state index is 12.7. The van der Waals surface area contributed by atoms with Crippen LogP contribution >= 0.6 is 0 Å². The van der Waals surface area contributed by atoms with Crippen LogP contribution in [0.1, 0.15) is 51.2 Å². The Morgan fingerprint density at radius 2 is 1.92 bits per heavy atom. The predicted molar refractivity (Wildman–Crippen MR) is 90.3 cm³/mol. The molecule has 2 fully saturated rings. The molecule has 24 heavy (non-hydrogen) atoms. The number of hydrogen-bond donors (Lipinski definition) is 1. The number of nitrogens with one attached hydrogen (secondary N) is 1. The van der Waals surface area contributed by atoms with Gasteiger partial charge in [0, 0.05) is 31.0 Å². The number of aromatic nitrogens is 1.